The predicted molar refractivity (Wildman–Crippen MR) is 124 cm³/mol. The molecule has 164 valence electrons. The number of aromatic amines is 1. The number of benzene rings is 2. The monoisotopic (exact) mass is 438 g/mol. The number of rotatable bonds is 4. The minimum Gasteiger partial charge on any atom is -0.476 e. The van der Waals surface area contributed by atoms with Gasteiger partial charge in [0.05, 0.1) is 17.3 Å². The van der Waals surface area contributed by atoms with E-state index < -0.39 is 5.97 Å². The van der Waals surface area contributed by atoms with Crippen LogP contribution in [0, 0.1) is 11.3 Å². The van der Waals surface area contributed by atoms with E-state index in [1.165, 1.54) is 10.6 Å². The first-order valence-electron chi connectivity index (χ1n) is 11.1. The first kappa shape index (κ1) is 20.7. The first-order chi connectivity index (χ1) is 16.0. The maximum absolute atomic E-state index is 13.5. The van der Waals surface area contributed by atoms with E-state index in [0.717, 1.165) is 54.5 Å². The summed E-state index contributed by atoms with van der Waals surface area (Å²) in [5.74, 6) is -1.06. The number of H-pyrrole nitrogens is 1. The van der Waals surface area contributed by atoms with Gasteiger partial charge in [-0.1, -0.05) is 55.7 Å². The van der Waals surface area contributed by atoms with E-state index in [4.69, 9.17) is 5.26 Å². The van der Waals surface area contributed by atoms with Crippen molar-refractivity contribution in [3.05, 3.63) is 81.8 Å². The Morgan fingerprint density at radius 2 is 1.61 bits per heavy atom. The van der Waals surface area contributed by atoms with Crippen LogP contribution in [0.2, 0.25) is 0 Å². The number of carbonyl (C=O) groups is 1. The summed E-state index contributed by atoms with van der Waals surface area (Å²) >= 11 is 0. The highest BCUT2D eigenvalue weighted by Gasteiger charge is 2.25. The molecule has 2 aromatic heterocycles. The van der Waals surface area contributed by atoms with Gasteiger partial charge in [0.2, 0.25) is 0 Å². The lowest BCUT2D eigenvalue weighted by atomic mass is 9.82. The van der Waals surface area contributed by atoms with Gasteiger partial charge >= 0.3 is 5.97 Å². The lowest BCUT2D eigenvalue weighted by Gasteiger charge is -2.23. The molecule has 7 heteroatoms. The van der Waals surface area contributed by atoms with Crippen LogP contribution in [0.25, 0.3) is 28.0 Å². The van der Waals surface area contributed by atoms with Crippen LogP contribution in [-0.4, -0.2) is 25.7 Å². The molecule has 0 unspecified atom stereocenters. The van der Waals surface area contributed by atoms with Crippen LogP contribution in [0.4, 0.5) is 0 Å². The number of hydrogen-bond donors (Lipinski definition) is 2. The molecule has 0 atom stereocenters. The molecule has 0 saturated heterocycles. The standard InChI is InChI=1S/C26H22N4O3/c27-15-16-6-8-17(9-7-16)18-10-12-20(13-11-18)24-23(19-4-2-1-3-5-19)25(31)30-22(28-24)14-21(29-30)26(32)33/h6-14,19,28H,1-5H2,(H,32,33). The van der Waals surface area contributed by atoms with E-state index in [0.29, 0.717) is 16.8 Å². The van der Waals surface area contributed by atoms with Crippen LogP contribution in [-0.2, 0) is 0 Å². The topological polar surface area (TPSA) is 111 Å². The Kier molecular flexibility index (Phi) is 5.27. The van der Waals surface area contributed by atoms with Gasteiger partial charge in [-0.15, -0.1) is 0 Å². The summed E-state index contributed by atoms with van der Waals surface area (Å²) in [5, 5.41) is 22.4. The minimum absolute atomic E-state index is 0.109. The smallest absolute Gasteiger partial charge is 0.356 e. The molecule has 0 amide bonds. The molecule has 2 heterocycles. The number of hydrogen-bond acceptors (Lipinski definition) is 4. The van der Waals surface area contributed by atoms with E-state index in [1.807, 2.05) is 36.4 Å². The quantitative estimate of drug-likeness (QED) is 0.467. The fraction of sp³-hybridized carbons (Fsp3) is 0.231. The average molecular weight is 438 g/mol. The van der Waals surface area contributed by atoms with Gasteiger partial charge in [0.25, 0.3) is 5.56 Å². The van der Waals surface area contributed by atoms with Crippen molar-refractivity contribution >= 4 is 11.6 Å². The van der Waals surface area contributed by atoms with Crippen LogP contribution in [0.1, 0.15) is 59.6 Å². The Balaban J connectivity index is 1.63. The molecule has 5 rings (SSSR count). The van der Waals surface area contributed by atoms with Gasteiger partial charge in [0.15, 0.2) is 5.69 Å². The number of nitrogens with one attached hydrogen (secondary N) is 1. The van der Waals surface area contributed by atoms with Gasteiger partial charge in [-0.25, -0.2) is 4.79 Å². The molecule has 0 bridgehead atoms. The Labute approximate surface area is 189 Å². The molecule has 0 spiro atoms. The summed E-state index contributed by atoms with van der Waals surface area (Å²) in [6.45, 7) is 0. The van der Waals surface area contributed by atoms with Crippen LogP contribution >= 0.6 is 0 Å². The third-order valence-corrected chi connectivity index (χ3v) is 6.41. The van der Waals surface area contributed by atoms with Gasteiger partial charge in [0, 0.05) is 11.6 Å². The van der Waals surface area contributed by atoms with Crippen molar-refractivity contribution in [2.75, 3.05) is 0 Å². The Morgan fingerprint density at radius 3 is 2.21 bits per heavy atom. The Bertz CT molecular complexity index is 1430. The van der Waals surface area contributed by atoms with Crippen LogP contribution in [0.5, 0.6) is 0 Å². The molecule has 1 aliphatic carbocycles. The Morgan fingerprint density at radius 1 is 1.00 bits per heavy atom. The molecule has 0 radical (unpaired) electrons. The highest BCUT2D eigenvalue weighted by Crippen LogP contribution is 2.36. The summed E-state index contributed by atoms with van der Waals surface area (Å²) in [6.07, 6.45) is 5.16. The second-order valence-corrected chi connectivity index (χ2v) is 8.45. The number of nitrogens with zero attached hydrogens (tertiary/aromatic N) is 3. The second-order valence-electron chi connectivity index (χ2n) is 8.45. The maximum Gasteiger partial charge on any atom is 0.356 e. The molecule has 2 aromatic carbocycles. The van der Waals surface area contributed by atoms with E-state index in [9.17, 15) is 14.7 Å². The molecular weight excluding hydrogens is 416 g/mol. The molecular formula is C26H22N4O3. The van der Waals surface area contributed by atoms with Crippen LogP contribution < -0.4 is 5.56 Å². The number of carboxylic acids is 1. The van der Waals surface area contributed by atoms with E-state index in [1.54, 1.807) is 12.1 Å². The lowest BCUT2D eigenvalue weighted by molar-refractivity contribution is 0.0690. The third kappa shape index (κ3) is 3.80. The first-order valence-corrected chi connectivity index (χ1v) is 11.1. The summed E-state index contributed by atoms with van der Waals surface area (Å²) in [5.41, 5.74) is 4.83. The summed E-state index contributed by atoms with van der Waals surface area (Å²) in [4.78, 5) is 28.2. The summed E-state index contributed by atoms with van der Waals surface area (Å²) < 4.78 is 1.18. The number of fused-ring (bicyclic) bond motifs is 1. The zero-order chi connectivity index (χ0) is 22.9. The van der Waals surface area contributed by atoms with Crippen molar-refractivity contribution in [1.82, 2.24) is 14.6 Å². The molecule has 0 aliphatic heterocycles. The van der Waals surface area contributed by atoms with E-state index in [2.05, 4.69) is 16.2 Å². The van der Waals surface area contributed by atoms with Crippen molar-refractivity contribution in [2.24, 2.45) is 0 Å². The van der Waals surface area contributed by atoms with Gasteiger partial charge < -0.3 is 10.1 Å². The minimum atomic E-state index is -1.17. The van der Waals surface area contributed by atoms with Crippen molar-refractivity contribution in [1.29, 1.82) is 5.26 Å². The van der Waals surface area contributed by atoms with Crippen molar-refractivity contribution < 1.29 is 9.90 Å². The van der Waals surface area contributed by atoms with Gasteiger partial charge in [-0.2, -0.15) is 14.9 Å². The number of aromatic carboxylic acids is 1. The van der Waals surface area contributed by atoms with Gasteiger partial charge in [0.1, 0.15) is 5.65 Å². The normalized spacial score (nSPS) is 14.3. The van der Waals surface area contributed by atoms with Crippen molar-refractivity contribution in [2.45, 2.75) is 38.0 Å². The summed E-state index contributed by atoms with van der Waals surface area (Å²) in [6, 6.07) is 18.8. The molecule has 7 nitrogen and oxygen atoms in total. The van der Waals surface area contributed by atoms with Crippen molar-refractivity contribution in [3.8, 4) is 28.5 Å². The summed E-state index contributed by atoms with van der Waals surface area (Å²) in [7, 11) is 0. The zero-order valence-corrected chi connectivity index (χ0v) is 17.9. The zero-order valence-electron chi connectivity index (χ0n) is 17.9. The molecule has 33 heavy (non-hydrogen) atoms. The van der Waals surface area contributed by atoms with Gasteiger partial charge in [-0.05, 0) is 47.6 Å². The van der Waals surface area contributed by atoms with Crippen LogP contribution in [0.3, 0.4) is 0 Å². The predicted octanol–water partition coefficient (Wildman–Crippen LogP) is 4.97. The largest absolute Gasteiger partial charge is 0.476 e. The lowest BCUT2D eigenvalue weighted by Crippen LogP contribution is -2.25. The van der Waals surface area contributed by atoms with E-state index in [-0.39, 0.29) is 17.2 Å². The van der Waals surface area contributed by atoms with Crippen molar-refractivity contribution in [3.63, 3.8) is 0 Å². The Hall–Kier alpha value is -4.18. The third-order valence-electron chi connectivity index (χ3n) is 6.41. The fourth-order valence-corrected chi connectivity index (χ4v) is 4.71. The number of aromatic nitrogens is 3. The van der Waals surface area contributed by atoms with Gasteiger partial charge in [-0.3, -0.25) is 4.79 Å². The molecule has 4 aromatic rings. The number of nitriles is 1. The fourth-order valence-electron chi connectivity index (χ4n) is 4.71. The molecule has 1 fully saturated rings. The molecule has 1 aliphatic rings. The SMILES string of the molecule is N#Cc1ccc(-c2ccc(-c3[nH]c4cc(C(=O)O)nn4c(=O)c3C3CCCCC3)cc2)cc1. The average Bonchev–Trinajstić information content (AvgIpc) is 3.30. The second kappa shape index (κ2) is 8.40. The maximum atomic E-state index is 13.5. The highest BCUT2D eigenvalue weighted by atomic mass is 16.4. The number of carboxylic acid groups (broad SMARTS) is 1. The highest BCUT2D eigenvalue weighted by molar-refractivity contribution is 5.86. The van der Waals surface area contributed by atoms with Crippen LogP contribution in [0.15, 0.2) is 59.4 Å². The van der Waals surface area contributed by atoms with E-state index >= 15 is 0 Å². The molecule has 2 N–H and O–H groups in total. The molecule has 1 saturated carbocycles.